The van der Waals surface area contributed by atoms with Gasteiger partial charge >= 0.3 is 0 Å². The second-order valence-electron chi connectivity index (χ2n) is 4.86. The summed E-state index contributed by atoms with van der Waals surface area (Å²) in [4.78, 5) is 0. The lowest BCUT2D eigenvalue weighted by Gasteiger charge is -2.00. The van der Waals surface area contributed by atoms with Crippen molar-refractivity contribution in [3.63, 3.8) is 0 Å². The molecule has 0 unspecified atom stereocenters. The summed E-state index contributed by atoms with van der Waals surface area (Å²) in [7, 11) is 0. The summed E-state index contributed by atoms with van der Waals surface area (Å²) in [6.07, 6.45) is 3.68. The fourth-order valence-corrected chi connectivity index (χ4v) is 2.47. The standard InChI is InChI=1S/C16H14O3/c17-14-3-2-12-6-11(7-13(12)9-14)5-10-1-4-15(18)16(19)8-10/h1-5,8-9,17-19H,6-7H2. The van der Waals surface area contributed by atoms with Crippen LogP contribution in [0.5, 0.6) is 17.2 Å². The van der Waals surface area contributed by atoms with E-state index in [-0.39, 0.29) is 11.5 Å². The minimum Gasteiger partial charge on any atom is -0.508 e. The molecule has 19 heavy (non-hydrogen) atoms. The van der Waals surface area contributed by atoms with Crippen molar-refractivity contribution in [1.29, 1.82) is 0 Å². The highest BCUT2D eigenvalue weighted by Crippen LogP contribution is 2.31. The van der Waals surface area contributed by atoms with Crippen LogP contribution in [0.3, 0.4) is 0 Å². The van der Waals surface area contributed by atoms with Gasteiger partial charge < -0.3 is 15.3 Å². The van der Waals surface area contributed by atoms with Gasteiger partial charge in [-0.3, -0.25) is 0 Å². The molecule has 0 fully saturated rings. The van der Waals surface area contributed by atoms with Crippen LogP contribution in [0.15, 0.2) is 42.0 Å². The van der Waals surface area contributed by atoms with Gasteiger partial charge in [-0.15, -0.1) is 0 Å². The summed E-state index contributed by atoms with van der Waals surface area (Å²) < 4.78 is 0. The van der Waals surface area contributed by atoms with Crippen molar-refractivity contribution in [2.45, 2.75) is 12.8 Å². The van der Waals surface area contributed by atoms with Gasteiger partial charge in [0.15, 0.2) is 11.5 Å². The van der Waals surface area contributed by atoms with Crippen LogP contribution in [0, 0.1) is 0 Å². The Morgan fingerprint density at radius 2 is 1.58 bits per heavy atom. The lowest BCUT2D eigenvalue weighted by molar-refractivity contribution is 0.403. The highest BCUT2D eigenvalue weighted by Gasteiger charge is 2.15. The van der Waals surface area contributed by atoms with E-state index < -0.39 is 0 Å². The van der Waals surface area contributed by atoms with Crippen molar-refractivity contribution in [2.24, 2.45) is 0 Å². The highest BCUT2D eigenvalue weighted by molar-refractivity contribution is 5.61. The van der Waals surface area contributed by atoms with Gasteiger partial charge in [-0.25, -0.2) is 0 Å². The second kappa shape index (κ2) is 4.35. The zero-order chi connectivity index (χ0) is 13.4. The summed E-state index contributed by atoms with van der Waals surface area (Å²) in [5.74, 6) is 0.0755. The molecule has 0 radical (unpaired) electrons. The van der Waals surface area contributed by atoms with Crippen LogP contribution in [-0.4, -0.2) is 15.3 Å². The largest absolute Gasteiger partial charge is 0.508 e. The summed E-state index contributed by atoms with van der Waals surface area (Å²) in [6.45, 7) is 0. The molecule has 2 aromatic rings. The molecule has 0 saturated heterocycles. The SMILES string of the molecule is Oc1ccc2c(c1)CC(=Cc1ccc(O)c(O)c1)C2. The average Bonchev–Trinajstić information content (AvgIpc) is 2.75. The van der Waals surface area contributed by atoms with Crippen LogP contribution in [0.1, 0.15) is 16.7 Å². The second-order valence-corrected chi connectivity index (χ2v) is 4.86. The maximum Gasteiger partial charge on any atom is 0.157 e. The minimum absolute atomic E-state index is 0.109. The molecule has 3 N–H and O–H groups in total. The monoisotopic (exact) mass is 254 g/mol. The molecule has 0 aliphatic heterocycles. The average molecular weight is 254 g/mol. The Morgan fingerprint density at radius 3 is 2.37 bits per heavy atom. The number of rotatable bonds is 1. The number of allylic oxidation sites excluding steroid dienone is 1. The van der Waals surface area contributed by atoms with E-state index in [1.54, 1.807) is 24.3 Å². The number of phenols is 3. The molecule has 0 atom stereocenters. The Bertz CT molecular complexity index is 672. The molecule has 1 aliphatic carbocycles. The van der Waals surface area contributed by atoms with Crippen LogP contribution in [0.2, 0.25) is 0 Å². The molecule has 2 aromatic carbocycles. The van der Waals surface area contributed by atoms with Gasteiger partial charge in [0, 0.05) is 0 Å². The van der Waals surface area contributed by atoms with E-state index in [1.165, 1.54) is 17.2 Å². The topological polar surface area (TPSA) is 60.7 Å². The van der Waals surface area contributed by atoms with E-state index in [0.717, 1.165) is 24.0 Å². The van der Waals surface area contributed by atoms with E-state index >= 15 is 0 Å². The van der Waals surface area contributed by atoms with Crippen molar-refractivity contribution in [3.05, 3.63) is 58.7 Å². The maximum absolute atomic E-state index is 9.47. The molecule has 1 aliphatic rings. The molecule has 3 rings (SSSR count). The molecule has 3 heteroatoms. The van der Waals surface area contributed by atoms with Crippen LogP contribution in [0.4, 0.5) is 0 Å². The summed E-state index contributed by atoms with van der Waals surface area (Å²) in [5, 5.41) is 28.2. The molecule has 3 nitrogen and oxygen atoms in total. The predicted molar refractivity (Wildman–Crippen MR) is 73.3 cm³/mol. The van der Waals surface area contributed by atoms with E-state index in [4.69, 9.17) is 0 Å². The molecule has 0 aromatic heterocycles. The van der Waals surface area contributed by atoms with Gasteiger partial charge in [0.25, 0.3) is 0 Å². The molecule has 0 heterocycles. The molecular formula is C16H14O3. The molecule has 0 saturated carbocycles. The lowest BCUT2D eigenvalue weighted by atomic mass is 10.1. The first-order chi connectivity index (χ1) is 9.11. The number of hydrogen-bond donors (Lipinski definition) is 3. The summed E-state index contributed by atoms with van der Waals surface area (Å²) >= 11 is 0. The van der Waals surface area contributed by atoms with Crippen molar-refractivity contribution < 1.29 is 15.3 Å². The molecule has 0 bridgehead atoms. The fraction of sp³-hybridized carbons (Fsp3) is 0.125. The summed E-state index contributed by atoms with van der Waals surface area (Å²) in [5.41, 5.74) is 4.47. The predicted octanol–water partition coefficient (Wildman–Crippen LogP) is 2.99. The Labute approximate surface area is 111 Å². The van der Waals surface area contributed by atoms with Crippen LogP contribution >= 0.6 is 0 Å². The van der Waals surface area contributed by atoms with Crippen molar-refractivity contribution >= 4 is 6.08 Å². The van der Waals surface area contributed by atoms with Crippen molar-refractivity contribution in [1.82, 2.24) is 0 Å². The number of benzene rings is 2. The Kier molecular flexibility index (Phi) is 2.67. The van der Waals surface area contributed by atoms with Gasteiger partial charge in [0.2, 0.25) is 0 Å². The quantitative estimate of drug-likeness (QED) is 0.686. The third-order valence-corrected chi connectivity index (χ3v) is 3.40. The lowest BCUT2D eigenvalue weighted by Crippen LogP contribution is -1.82. The van der Waals surface area contributed by atoms with Crippen molar-refractivity contribution in [3.8, 4) is 17.2 Å². The first kappa shape index (κ1) is 11.7. The van der Waals surface area contributed by atoms with E-state index in [2.05, 4.69) is 0 Å². The third kappa shape index (κ3) is 2.27. The summed E-state index contributed by atoms with van der Waals surface area (Å²) in [6, 6.07) is 10.2. The minimum atomic E-state index is -0.109. The number of aromatic hydroxyl groups is 3. The Balaban J connectivity index is 1.89. The van der Waals surface area contributed by atoms with Crippen LogP contribution < -0.4 is 0 Å². The van der Waals surface area contributed by atoms with E-state index in [9.17, 15) is 15.3 Å². The third-order valence-electron chi connectivity index (χ3n) is 3.40. The van der Waals surface area contributed by atoms with Crippen LogP contribution in [-0.2, 0) is 12.8 Å². The van der Waals surface area contributed by atoms with Gasteiger partial charge in [0.05, 0.1) is 0 Å². The normalized spacial score (nSPS) is 15.7. The maximum atomic E-state index is 9.47. The van der Waals surface area contributed by atoms with Gasteiger partial charge in [-0.1, -0.05) is 23.8 Å². The first-order valence-electron chi connectivity index (χ1n) is 6.14. The van der Waals surface area contributed by atoms with Crippen molar-refractivity contribution in [2.75, 3.05) is 0 Å². The fourth-order valence-electron chi connectivity index (χ4n) is 2.47. The zero-order valence-corrected chi connectivity index (χ0v) is 10.3. The number of fused-ring (bicyclic) bond motifs is 1. The van der Waals surface area contributed by atoms with E-state index in [0.29, 0.717) is 5.75 Å². The number of hydrogen-bond acceptors (Lipinski definition) is 3. The molecule has 96 valence electrons. The van der Waals surface area contributed by atoms with Crippen LogP contribution in [0.25, 0.3) is 6.08 Å². The van der Waals surface area contributed by atoms with Gasteiger partial charge in [-0.05, 0) is 53.8 Å². The molecule has 0 amide bonds. The molecular weight excluding hydrogens is 240 g/mol. The van der Waals surface area contributed by atoms with E-state index in [1.807, 2.05) is 12.1 Å². The smallest absolute Gasteiger partial charge is 0.157 e. The number of phenolic OH excluding ortho intramolecular Hbond substituents is 3. The Morgan fingerprint density at radius 1 is 0.789 bits per heavy atom. The van der Waals surface area contributed by atoms with Gasteiger partial charge in [0.1, 0.15) is 5.75 Å². The Hall–Kier alpha value is -2.42. The zero-order valence-electron chi connectivity index (χ0n) is 10.3. The highest BCUT2D eigenvalue weighted by atomic mass is 16.3. The molecule has 0 spiro atoms. The first-order valence-corrected chi connectivity index (χ1v) is 6.14. The van der Waals surface area contributed by atoms with Gasteiger partial charge in [-0.2, -0.15) is 0 Å².